The first-order valence-corrected chi connectivity index (χ1v) is 9.64. The number of methoxy groups -OCH3 is 1. The number of thioether (sulfide) groups is 1. The molecule has 140 valence electrons. The maximum absolute atomic E-state index is 12.4. The Kier molecular flexibility index (Phi) is 6.37. The van der Waals surface area contributed by atoms with Crippen molar-refractivity contribution in [1.29, 1.82) is 0 Å². The monoisotopic (exact) mass is 368 g/mol. The molecule has 1 atom stereocenters. The molecule has 1 aromatic rings. The van der Waals surface area contributed by atoms with Crippen LogP contribution in [0.1, 0.15) is 33.6 Å². The molecule has 25 heavy (non-hydrogen) atoms. The number of carbonyl (C=O) groups is 1. The molecule has 0 saturated carbocycles. The normalized spacial score (nSPS) is 18.0. The molecule has 1 aromatic heterocycles. The fourth-order valence-corrected chi connectivity index (χ4v) is 3.09. The largest absolute Gasteiger partial charge is 0.481 e. The standard InChI is InChI=1S/C17H28N4O3S/c1-17(2,3)24-16(22)21-9-7-8-12(11-21)20(4)13-10-14(23-5)19-15(18-13)25-6/h10,12H,7-9,11H2,1-6H3/t12-/m0/s1. The van der Waals surface area contributed by atoms with Crippen LogP contribution in [0.5, 0.6) is 5.88 Å². The van der Waals surface area contributed by atoms with E-state index in [-0.39, 0.29) is 12.1 Å². The summed E-state index contributed by atoms with van der Waals surface area (Å²) in [4.78, 5) is 25.1. The minimum Gasteiger partial charge on any atom is -0.481 e. The predicted octanol–water partition coefficient (Wildman–Crippen LogP) is 3.04. The molecule has 1 amide bonds. The highest BCUT2D eigenvalue weighted by Gasteiger charge is 2.30. The van der Waals surface area contributed by atoms with Gasteiger partial charge < -0.3 is 19.3 Å². The van der Waals surface area contributed by atoms with Crippen molar-refractivity contribution < 1.29 is 14.3 Å². The van der Waals surface area contributed by atoms with Gasteiger partial charge in [0.05, 0.1) is 7.11 Å². The lowest BCUT2D eigenvalue weighted by molar-refractivity contribution is 0.0199. The van der Waals surface area contributed by atoms with Crippen LogP contribution in [-0.4, -0.2) is 66.1 Å². The van der Waals surface area contributed by atoms with E-state index in [2.05, 4.69) is 14.9 Å². The van der Waals surface area contributed by atoms with Gasteiger partial charge in [0, 0.05) is 32.2 Å². The minimum absolute atomic E-state index is 0.176. The van der Waals surface area contributed by atoms with Crippen LogP contribution in [0.15, 0.2) is 11.2 Å². The molecule has 0 aromatic carbocycles. The Hall–Kier alpha value is -1.70. The second-order valence-corrected chi connectivity index (χ2v) is 7.86. The third-order valence-corrected chi connectivity index (χ3v) is 4.57. The summed E-state index contributed by atoms with van der Waals surface area (Å²) < 4.78 is 10.8. The van der Waals surface area contributed by atoms with Crippen molar-refractivity contribution in [3.05, 3.63) is 6.07 Å². The van der Waals surface area contributed by atoms with Crippen LogP contribution in [0.3, 0.4) is 0 Å². The first-order valence-electron chi connectivity index (χ1n) is 8.41. The van der Waals surface area contributed by atoms with Crippen molar-refractivity contribution >= 4 is 23.7 Å². The number of piperidine rings is 1. The van der Waals surface area contributed by atoms with Crippen molar-refractivity contribution in [2.75, 3.05) is 38.4 Å². The van der Waals surface area contributed by atoms with Gasteiger partial charge in [-0.1, -0.05) is 11.8 Å². The zero-order valence-corrected chi connectivity index (χ0v) is 16.7. The molecular formula is C17H28N4O3S. The predicted molar refractivity (Wildman–Crippen MR) is 99.6 cm³/mol. The maximum Gasteiger partial charge on any atom is 0.410 e. The van der Waals surface area contributed by atoms with E-state index < -0.39 is 5.60 Å². The summed E-state index contributed by atoms with van der Waals surface area (Å²) in [7, 11) is 3.59. The Morgan fingerprint density at radius 2 is 2.12 bits per heavy atom. The Morgan fingerprint density at radius 1 is 1.40 bits per heavy atom. The summed E-state index contributed by atoms with van der Waals surface area (Å²) in [5, 5.41) is 0.668. The molecular weight excluding hydrogens is 340 g/mol. The van der Waals surface area contributed by atoms with Crippen LogP contribution in [-0.2, 0) is 4.74 Å². The minimum atomic E-state index is -0.483. The number of anilines is 1. The zero-order chi connectivity index (χ0) is 18.6. The van der Waals surface area contributed by atoms with Gasteiger partial charge in [0.25, 0.3) is 0 Å². The number of hydrogen-bond donors (Lipinski definition) is 0. The average Bonchev–Trinajstić information content (AvgIpc) is 2.59. The topological polar surface area (TPSA) is 67.8 Å². The van der Waals surface area contributed by atoms with Gasteiger partial charge in [-0.3, -0.25) is 0 Å². The van der Waals surface area contributed by atoms with Crippen molar-refractivity contribution in [2.45, 2.75) is 50.4 Å². The lowest BCUT2D eigenvalue weighted by atomic mass is 10.0. The van der Waals surface area contributed by atoms with Crippen LogP contribution >= 0.6 is 11.8 Å². The molecule has 0 unspecified atom stereocenters. The summed E-state index contributed by atoms with van der Waals surface area (Å²) in [6.07, 6.45) is 3.61. The molecule has 1 aliphatic heterocycles. The fourth-order valence-electron chi connectivity index (χ4n) is 2.72. The van der Waals surface area contributed by atoms with E-state index in [9.17, 15) is 4.79 Å². The van der Waals surface area contributed by atoms with Gasteiger partial charge in [-0.15, -0.1) is 0 Å². The Balaban J connectivity index is 2.11. The molecule has 1 saturated heterocycles. The number of likely N-dealkylation sites (tertiary alicyclic amines) is 1. The van der Waals surface area contributed by atoms with Crippen LogP contribution in [0.4, 0.5) is 10.6 Å². The highest BCUT2D eigenvalue weighted by atomic mass is 32.2. The summed E-state index contributed by atoms with van der Waals surface area (Å²) >= 11 is 1.47. The highest BCUT2D eigenvalue weighted by molar-refractivity contribution is 7.98. The molecule has 8 heteroatoms. The first kappa shape index (κ1) is 19.6. The van der Waals surface area contributed by atoms with Crippen molar-refractivity contribution in [1.82, 2.24) is 14.9 Å². The van der Waals surface area contributed by atoms with Gasteiger partial charge in [-0.2, -0.15) is 4.98 Å². The molecule has 0 bridgehead atoms. The SMILES string of the molecule is COc1cc(N(C)[C@H]2CCCN(C(=O)OC(C)(C)C)C2)nc(SC)n1. The fraction of sp³-hybridized carbons (Fsp3) is 0.706. The maximum atomic E-state index is 12.4. The van der Waals surface area contributed by atoms with Crippen LogP contribution in [0.2, 0.25) is 0 Å². The molecule has 2 heterocycles. The van der Waals surface area contributed by atoms with Crippen molar-refractivity contribution in [3.8, 4) is 5.88 Å². The van der Waals surface area contributed by atoms with Crippen LogP contribution in [0.25, 0.3) is 0 Å². The molecule has 0 spiro atoms. The van der Waals surface area contributed by atoms with E-state index in [0.717, 1.165) is 25.2 Å². The second-order valence-electron chi connectivity index (χ2n) is 7.09. The number of rotatable bonds is 4. The van der Waals surface area contributed by atoms with Gasteiger partial charge in [-0.05, 0) is 39.9 Å². The van der Waals surface area contributed by atoms with Gasteiger partial charge in [0.2, 0.25) is 5.88 Å². The van der Waals surface area contributed by atoms with E-state index in [4.69, 9.17) is 9.47 Å². The number of ether oxygens (including phenoxy) is 2. The second kappa shape index (κ2) is 8.12. The van der Waals surface area contributed by atoms with Crippen LogP contribution in [0, 0.1) is 0 Å². The van der Waals surface area contributed by atoms with Gasteiger partial charge in [0.1, 0.15) is 11.4 Å². The Morgan fingerprint density at radius 3 is 2.72 bits per heavy atom. The number of amides is 1. The molecule has 1 fully saturated rings. The highest BCUT2D eigenvalue weighted by Crippen LogP contribution is 2.25. The van der Waals surface area contributed by atoms with E-state index in [1.807, 2.05) is 40.1 Å². The third-order valence-electron chi connectivity index (χ3n) is 4.02. The van der Waals surface area contributed by atoms with Gasteiger partial charge in [-0.25, -0.2) is 9.78 Å². The van der Waals surface area contributed by atoms with Gasteiger partial charge in [0.15, 0.2) is 5.16 Å². The summed E-state index contributed by atoms with van der Waals surface area (Å²) in [5.41, 5.74) is -0.483. The first-order chi connectivity index (χ1) is 11.7. The van der Waals surface area contributed by atoms with E-state index in [0.29, 0.717) is 17.6 Å². The third kappa shape index (κ3) is 5.39. The van der Waals surface area contributed by atoms with E-state index in [1.165, 1.54) is 11.8 Å². The number of likely N-dealkylation sites (N-methyl/N-ethyl adjacent to an activating group) is 1. The summed E-state index contributed by atoms with van der Waals surface area (Å²) in [6, 6.07) is 2.00. The quantitative estimate of drug-likeness (QED) is 0.598. The summed E-state index contributed by atoms with van der Waals surface area (Å²) in [5.74, 6) is 1.34. The lowest BCUT2D eigenvalue weighted by Crippen LogP contribution is -2.50. The van der Waals surface area contributed by atoms with Crippen molar-refractivity contribution in [2.24, 2.45) is 0 Å². The Labute approximate surface area is 154 Å². The summed E-state index contributed by atoms with van der Waals surface area (Å²) in [6.45, 7) is 7.00. The number of carbonyl (C=O) groups excluding carboxylic acids is 1. The van der Waals surface area contributed by atoms with Gasteiger partial charge >= 0.3 is 6.09 Å². The molecule has 0 aliphatic carbocycles. The number of nitrogens with zero attached hydrogens (tertiary/aromatic N) is 4. The smallest absolute Gasteiger partial charge is 0.410 e. The average molecular weight is 369 g/mol. The van der Waals surface area contributed by atoms with Crippen molar-refractivity contribution in [3.63, 3.8) is 0 Å². The molecule has 0 N–H and O–H groups in total. The van der Waals surface area contributed by atoms with E-state index >= 15 is 0 Å². The number of aromatic nitrogens is 2. The molecule has 0 radical (unpaired) electrons. The molecule has 7 nitrogen and oxygen atoms in total. The van der Waals surface area contributed by atoms with Crippen LogP contribution < -0.4 is 9.64 Å². The number of hydrogen-bond acceptors (Lipinski definition) is 7. The zero-order valence-electron chi connectivity index (χ0n) is 15.9. The molecule has 1 aliphatic rings. The lowest BCUT2D eigenvalue weighted by Gasteiger charge is -2.38. The molecule has 2 rings (SSSR count). The Bertz CT molecular complexity index is 584. The van der Waals surface area contributed by atoms with E-state index in [1.54, 1.807) is 12.0 Å².